The molecular formula is C16H15FO3. The Bertz CT molecular complexity index is 582. The predicted octanol–water partition coefficient (Wildman–Crippen LogP) is 3.23. The maximum atomic E-state index is 13.7. The van der Waals surface area contributed by atoms with Crippen LogP contribution < -0.4 is 4.74 Å². The summed E-state index contributed by atoms with van der Waals surface area (Å²) < 4.78 is 23.7. The molecule has 0 saturated carbocycles. The predicted molar refractivity (Wildman–Crippen MR) is 73.4 cm³/mol. The summed E-state index contributed by atoms with van der Waals surface area (Å²) in [6, 6.07) is 13.9. The first-order chi connectivity index (χ1) is 9.70. The molecule has 0 spiro atoms. The zero-order valence-corrected chi connectivity index (χ0v) is 11.1. The Morgan fingerprint density at radius 1 is 1.15 bits per heavy atom. The standard InChI is InChI=1S/C16H15FO3/c1-19-16(18)14-8-7-12(11-15(14)17)9-10-20-13-5-3-2-4-6-13/h2-8,11H,9-10H2,1H3. The Labute approximate surface area is 117 Å². The summed E-state index contributed by atoms with van der Waals surface area (Å²) in [5, 5.41) is 0. The molecule has 4 heteroatoms. The number of para-hydroxylation sites is 1. The Morgan fingerprint density at radius 3 is 2.55 bits per heavy atom. The minimum absolute atomic E-state index is 0.0553. The number of hydrogen-bond acceptors (Lipinski definition) is 3. The average molecular weight is 274 g/mol. The SMILES string of the molecule is COC(=O)c1ccc(CCOc2ccccc2)cc1F. The van der Waals surface area contributed by atoms with Gasteiger partial charge < -0.3 is 9.47 Å². The molecule has 0 fully saturated rings. The lowest BCUT2D eigenvalue weighted by molar-refractivity contribution is 0.0595. The smallest absolute Gasteiger partial charge is 0.340 e. The van der Waals surface area contributed by atoms with Crippen LogP contribution in [0.3, 0.4) is 0 Å². The second kappa shape index (κ2) is 6.70. The first-order valence-electron chi connectivity index (χ1n) is 6.25. The largest absolute Gasteiger partial charge is 0.493 e. The van der Waals surface area contributed by atoms with Gasteiger partial charge in [0.05, 0.1) is 19.3 Å². The summed E-state index contributed by atoms with van der Waals surface area (Å²) >= 11 is 0. The quantitative estimate of drug-likeness (QED) is 0.785. The lowest BCUT2D eigenvalue weighted by Crippen LogP contribution is -2.06. The number of esters is 1. The highest BCUT2D eigenvalue weighted by molar-refractivity contribution is 5.89. The minimum atomic E-state index is -0.672. The van der Waals surface area contributed by atoms with Crippen LogP contribution in [0.15, 0.2) is 48.5 Å². The number of halogens is 1. The van der Waals surface area contributed by atoms with Gasteiger partial charge in [-0.1, -0.05) is 24.3 Å². The van der Waals surface area contributed by atoms with E-state index in [2.05, 4.69) is 4.74 Å². The highest BCUT2D eigenvalue weighted by Crippen LogP contribution is 2.13. The van der Waals surface area contributed by atoms with Crippen molar-refractivity contribution >= 4 is 5.97 Å². The van der Waals surface area contributed by atoms with Crippen molar-refractivity contribution in [3.8, 4) is 5.75 Å². The number of carbonyl (C=O) groups is 1. The molecule has 0 unspecified atom stereocenters. The van der Waals surface area contributed by atoms with Crippen molar-refractivity contribution in [3.05, 3.63) is 65.5 Å². The van der Waals surface area contributed by atoms with Gasteiger partial charge >= 0.3 is 5.97 Å². The molecule has 0 amide bonds. The van der Waals surface area contributed by atoms with Gasteiger partial charge in [-0.3, -0.25) is 0 Å². The second-order valence-corrected chi connectivity index (χ2v) is 4.22. The highest BCUT2D eigenvalue weighted by atomic mass is 19.1. The van der Waals surface area contributed by atoms with Crippen molar-refractivity contribution in [2.24, 2.45) is 0 Å². The molecule has 0 N–H and O–H groups in total. The van der Waals surface area contributed by atoms with Crippen LogP contribution in [0, 0.1) is 5.82 Å². The lowest BCUT2D eigenvalue weighted by Gasteiger charge is -2.07. The van der Waals surface area contributed by atoms with E-state index >= 15 is 0 Å². The summed E-state index contributed by atoms with van der Waals surface area (Å²) in [6.45, 7) is 0.445. The van der Waals surface area contributed by atoms with Gasteiger partial charge in [-0.15, -0.1) is 0 Å². The number of benzene rings is 2. The van der Waals surface area contributed by atoms with E-state index in [4.69, 9.17) is 4.74 Å². The lowest BCUT2D eigenvalue weighted by atomic mass is 10.1. The molecule has 0 atom stereocenters. The average Bonchev–Trinajstić information content (AvgIpc) is 2.48. The normalized spacial score (nSPS) is 10.1. The van der Waals surface area contributed by atoms with Crippen LogP contribution in [0.4, 0.5) is 4.39 Å². The number of hydrogen-bond donors (Lipinski definition) is 0. The van der Waals surface area contributed by atoms with Crippen LogP contribution in [0.5, 0.6) is 5.75 Å². The monoisotopic (exact) mass is 274 g/mol. The Morgan fingerprint density at radius 2 is 1.90 bits per heavy atom. The van der Waals surface area contributed by atoms with Crippen LogP contribution in [0.25, 0.3) is 0 Å². The summed E-state index contributed by atoms with van der Waals surface area (Å²) in [5.74, 6) is -0.470. The zero-order chi connectivity index (χ0) is 14.4. The molecule has 0 saturated heterocycles. The molecule has 3 nitrogen and oxygen atoms in total. The molecule has 0 bridgehead atoms. The van der Waals surface area contributed by atoms with Crippen LogP contribution >= 0.6 is 0 Å². The van der Waals surface area contributed by atoms with Crippen molar-refractivity contribution in [3.63, 3.8) is 0 Å². The molecule has 0 aliphatic carbocycles. The molecule has 2 aromatic carbocycles. The molecule has 20 heavy (non-hydrogen) atoms. The van der Waals surface area contributed by atoms with Gasteiger partial charge in [0.25, 0.3) is 0 Å². The van der Waals surface area contributed by atoms with Crippen molar-refractivity contribution < 1.29 is 18.7 Å². The highest BCUT2D eigenvalue weighted by Gasteiger charge is 2.12. The van der Waals surface area contributed by atoms with Gasteiger partial charge in [-0.05, 0) is 29.8 Å². The third-order valence-electron chi connectivity index (χ3n) is 2.84. The Hall–Kier alpha value is -2.36. The summed E-state index contributed by atoms with van der Waals surface area (Å²) in [4.78, 5) is 11.3. The molecule has 2 aromatic rings. The maximum absolute atomic E-state index is 13.7. The van der Waals surface area contributed by atoms with Gasteiger partial charge in [-0.25, -0.2) is 9.18 Å². The Balaban J connectivity index is 1.94. The molecule has 0 aliphatic heterocycles. The van der Waals surface area contributed by atoms with E-state index in [-0.39, 0.29) is 5.56 Å². The van der Waals surface area contributed by atoms with Crippen molar-refractivity contribution in [1.82, 2.24) is 0 Å². The van der Waals surface area contributed by atoms with Crippen LogP contribution in [-0.2, 0) is 11.2 Å². The fourth-order valence-corrected chi connectivity index (χ4v) is 1.79. The maximum Gasteiger partial charge on any atom is 0.340 e. The van der Waals surface area contributed by atoms with Gasteiger partial charge in [0, 0.05) is 6.42 Å². The molecule has 104 valence electrons. The summed E-state index contributed by atoms with van der Waals surface area (Å²) in [6.07, 6.45) is 0.563. The molecule has 0 aliphatic rings. The van der Waals surface area contributed by atoms with Crippen LogP contribution in [0.2, 0.25) is 0 Å². The third-order valence-corrected chi connectivity index (χ3v) is 2.84. The van der Waals surface area contributed by atoms with E-state index in [1.807, 2.05) is 30.3 Å². The van der Waals surface area contributed by atoms with Gasteiger partial charge in [-0.2, -0.15) is 0 Å². The van der Waals surface area contributed by atoms with Crippen LogP contribution in [0.1, 0.15) is 15.9 Å². The number of rotatable bonds is 5. The Kier molecular flexibility index (Phi) is 4.71. The molecular weight excluding hydrogens is 259 g/mol. The molecule has 2 rings (SSSR count). The van der Waals surface area contributed by atoms with Gasteiger partial charge in [0.15, 0.2) is 0 Å². The van der Waals surface area contributed by atoms with E-state index in [1.54, 1.807) is 6.07 Å². The second-order valence-electron chi connectivity index (χ2n) is 4.22. The fourth-order valence-electron chi connectivity index (χ4n) is 1.79. The van der Waals surface area contributed by atoms with Gasteiger partial charge in [0.1, 0.15) is 11.6 Å². The summed E-state index contributed by atoms with van der Waals surface area (Å²) in [5.41, 5.74) is 0.714. The number of carbonyl (C=O) groups excluding carboxylic acids is 1. The van der Waals surface area contributed by atoms with E-state index in [1.165, 1.54) is 19.2 Å². The van der Waals surface area contributed by atoms with Crippen molar-refractivity contribution in [2.45, 2.75) is 6.42 Å². The van der Waals surface area contributed by atoms with E-state index in [0.717, 1.165) is 11.3 Å². The molecule has 0 radical (unpaired) electrons. The molecule has 0 aromatic heterocycles. The minimum Gasteiger partial charge on any atom is -0.493 e. The van der Waals surface area contributed by atoms with Gasteiger partial charge in [0.2, 0.25) is 0 Å². The fraction of sp³-hybridized carbons (Fsp3) is 0.188. The number of ether oxygens (including phenoxy) is 2. The van der Waals surface area contributed by atoms with Crippen molar-refractivity contribution in [2.75, 3.05) is 13.7 Å². The first kappa shape index (κ1) is 14.1. The first-order valence-corrected chi connectivity index (χ1v) is 6.25. The van der Waals surface area contributed by atoms with E-state index in [9.17, 15) is 9.18 Å². The van der Waals surface area contributed by atoms with Crippen LogP contribution in [-0.4, -0.2) is 19.7 Å². The topological polar surface area (TPSA) is 35.5 Å². The van der Waals surface area contributed by atoms with E-state index in [0.29, 0.717) is 13.0 Å². The molecule has 0 heterocycles. The third kappa shape index (κ3) is 3.57. The summed E-state index contributed by atoms with van der Waals surface area (Å²) in [7, 11) is 1.23. The van der Waals surface area contributed by atoms with Crippen molar-refractivity contribution in [1.29, 1.82) is 0 Å². The van der Waals surface area contributed by atoms with E-state index < -0.39 is 11.8 Å². The number of methoxy groups -OCH3 is 1. The zero-order valence-electron chi connectivity index (χ0n) is 11.1.